The molecule has 0 spiro atoms. The van der Waals surface area contributed by atoms with Crippen molar-refractivity contribution in [2.75, 3.05) is 11.9 Å². The molecule has 0 bridgehead atoms. The van der Waals surface area contributed by atoms with E-state index in [0.717, 1.165) is 40.7 Å². The Morgan fingerprint density at radius 1 is 1.18 bits per heavy atom. The Morgan fingerprint density at radius 3 is 2.74 bits per heavy atom. The van der Waals surface area contributed by atoms with E-state index in [2.05, 4.69) is 5.32 Å². The van der Waals surface area contributed by atoms with Crippen LogP contribution >= 0.6 is 23.1 Å². The molecule has 1 amide bonds. The molecular weight excluding hydrogens is 466 g/mol. The summed E-state index contributed by atoms with van der Waals surface area (Å²) in [5, 5.41) is 3.72. The number of para-hydroxylation sites is 3. The van der Waals surface area contributed by atoms with Crippen LogP contribution in [-0.2, 0) is 17.6 Å². The van der Waals surface area contributed by atoms with Gasteiger partial charge < -0.3 is 10.1 Å². The second-order valence-corrected chi connectivity index (χ2v) is 10.5. The van der Waals surface area contributed by atoms with Crippen molar-refractivity contribution < 1.29 is 9.53 Å². The minimum absolute atomic E-state index is 0.0626. The molecule has 5 rings (SSSR count). The molecular formula is C26H25N3O3S2. The predicted molar refractivity (Wildman–Crippen MR) is 139 cm³/mol. The molecule has 0 aliphatic heterocycles. The minimum Gasteiger partial charge on any atom is -0.492 e. The number of hydrogen-bond acceptors (Lipinski definition) is 6. The largest absolute Gasteiger partial charge is 0.492 e. The molecule has 2 heterocycles. The van der Waals surface area contributed by atoms with Crippen LogP contribution in [0.4, 0.5) is 5.69 Å². The lowest BCUT2D eigenvalue weighted by molar-refractivity contribution is -0.115. The highest BCUT2D eigenvalue weighted by Gasteiger charge is 2.26. The molecule has 1 aliphatic carbocycles. The van der Waals surface area contributed by atoms with Crippen molar-refractivity contribution >= 4 is 44.9 Å². The van der Waals surface area contributed by atoms with Gasteiger partial charge >= 0.3 is 0 Å². The van der Waals surface area contributed by atoms with Crippen LogP contribution in [0.2, 0.25) is 0 Å². The fraction of sp³-hybridized carbons (Fsp3) is 0.269. The Labute approximate surface area is 206 Å². The van der Waals surface area contributed by atoms with Crippen LogP contribution in [0.5, 0.6) is 5.75 Å². The Balaban J connectivity index is 1.51. The molecule has 2 aromatic carbocycles. The van der Waals surface area contributed by atoms with Gasteiger partial charge in [0.15, 0.2) is 5.16 Å². The summed E-state index contributed by atoms with van der Waals surface area (Å²) in [5.74, 6) is 0.448. The summed E-state index contributed by atoms with van der Waals surface area (Å²) in [6.07, 6.45) is 3.01. The molecule has 8 heteroatoms. The summed E-state index contributed by atoms with van der Waals surface area (Å²) in [5.41, 5.74) is 2.46. The van der Waals surface area contributed by atoms with E-state index in [-0.39, 0.29) is 11.5 Å². The third-order valence-electron chi connectivity index (χ3n) is 5.82. The zero-order valence-electron chi connectivity index (χ0n) is 19.0. The number of carbonyl (C=O) groups excluding carboxylic acids is 1. The monoisotopic (exact) mass is 491 g/mol. The average Bonchev–Trinajstić information content (AvgIpc) is 3.42. The van der Waals surface area contributed by atoms with Gasteiger partial charge in [0.25, 0.3) is 5.56 Å². The predicted octanol–water partition coefficient (Wildman–Crippen LogP) is 5.45. The lowest BCUT2D eigenvalue weighted by atomic mass is 10.2. The normalized spacial score (nSPS) is 13.6. The summed E-state index contributed by atoms with van der Waals surface area (Å²) in [6, 6.07) is 16.9. The molecule has 0 saturated heterocycles. The van der Waals surface area contributed by atoms with Crippen molar-refractivity contribution in [2.45, 2.75) is 43.5 Å². The van der Waals surface area contributed by atoms with Crippen molar-refractivity contribution in [3.8, 4) is 11.4 Å². The molecule has 2 aromatic heterocycles. The molecule has 34 heavy (non-hydrogen) atoms. The Morgan fingerprint density at radius 2 is 1.94 bits per heavy atom. The number of anilines is 1. The van der Waals surface area contributed by atoms with Crippen LogP contribution in [0, 0.1) is 0 Å². The Bertz CT molecular complexity index is 1410. The van der Waals surface area contributed by atoms with Gasteiger partial charge in [0, 0.05) is 4.88 Å². The number of thioether (sulfide) groups is 1. The first kappa shape index (κ1) is 22.7. The van der Waals surface area contributed by atoms with Crippen LogP contribution in [-0.4, -0.2) is 27.3 Å². The first-order valence-corrected chi connectivity index (χ1v) is 13.1. The third-order valence-corrected chi connectivity index (χ3v) is 8.06. The number of hydrogen-bond donors (Lipinski definition) is 1. The molecule has 0 radical (unpaired) electrons. The third kappa shape index (κ3) is 4.23. The van der Waals surface area contributed by atoms with Crippen molar-refractivity contribution in [3.05, 3.63) is 75.4 Å². The summed E-state index contributed by atoms with van der Waals surface area (Å²) in [6.45, 7) is 4.24. The molecule has 4 aromatic rings. The molecule has 1 N–H and O–H groups in total. The molecule has 174 valence electrons. The number of aromatic nitrogens is 2. The van der Waals surface area contributed by atoms with Gasteiger partial charge in [-0.25, -0.2) is 4.98 Å². The standard InChI is InChI=1S/C26H25N3O3S2/c1-3-32-20-14-8-7-13-19(20)27-23(30)16(2)33-26-28-24-22(18-12-9-15-21(18)34-24)25(31)29(26)17-10-5-4-6-11-17/h4-8,10-11,13-14,16H,3,9,12,15H2,1-2H3,(H,27,30). The van der Waals surface area contributed by atoms with Crippen molar-refractivity contribution in [1.82, 2.24) is 9.55 Å². The number of fused-ring (bicyclic) bond motifs is 3. The zero-order chi connectivity index (χ0) is 23.7. The number of amides is 1. The van der Waals surface area contributed by atoms with E-state index in [4.69, 9.17) is 9.72 Å². The average molecular weight is 492 g/mol. The molecule has 0 fully saturated rings. The Kier molecular flexibility index (Phi) is 6.43. The maximum absolute atomic E-state index is 13.7. The highest BCUT2D eigenvalue weighted by atomic mass is 32.2. The highest BCUT2D eigenvalue weighted by Crippen LogP contribution is 2.36. The number of benzene rings is 2. The van der Waals surface area contributed by atoms with Gasteiger partial charge in [-0.05, 0) is 62.9 Å². The topological polar surface area (TPSA) is 73.2 Å². The fourth-order valence-corrected chi connectivity index (χ4v) is 6.44. The number of ether oxygens (including phenoxy) is 1. The van der Waals surface area contributed by atoms with Crippen molar-refractivity contribution in [3.63, 3.8) is 0 Å². The molecule has 1 aliphatic rings. The number of nitrogens with one attached hydrogen (secondary N) is 1. The van der Waals surface area contributed by atoms with E-state index in [1.54, 1.807) is 15.9 Å². The van der Waals surface area contributed by atoms with E-state index in [1.807, 2.05) is 68.4 Å². The van der Waals surface area contributed by atoms with E-state index in [0.29, 0.717) is 23.2 Å². The summed E-state index contributed by atoms with van der Waals surface area (Å²) in [7, 11) is 0. The minimum atomic E-state index is -0.485. The highest BCUT2D eigenvalue weighted by molar-refractivity contribution is 8.00. The number of nitrogens with zero attached hydrogens (tertiary/aromatic N) is 2. The molecule has 1 atom stereocenters. The van der Waals surface area contributed by atoms with Gasteiger partial charge in [-0.1, -0.05) is 42.1 Å². The quantitative estimate of drug-likeness (QED) is 0.275. The second-order valence-electron chi connectivity index (χ2n) is 8.09. The van der Waals surface area contributed by atoms with E-state index >= 15 is 0 Å². The van der Waals surface area contributed by atoms with Gasteiger partial charge in [0.2, 0.25) is 5.91 Å². The van der Waals surface area contributed by atoms with E-state index < -0.39 is 5.25 Å². The zero-order valence-corrected chi connectivity index (χ0v) is 20.7. The van der Waals surface area contributed by atoms with Gasteiger partial charge in [0.1, 0.15) is 10.6 Å². The van der Waals surface area contributed by atoms with Gasteiger partial charge in [-0.2, -0.15) is 0 Å². The number of thiophene rings is 1. The SMILES string of the molecule is CCOc1ccccc1NC(=O)C(C)Sc1nc2sc3c(c2c(=O)n1-c1ccccc1)CCC3. The van der Waals surface area contributed by atoms with Gasteiger partial charge in [-0.3, -0.25) is 14.2 Å². The van der Waals surface area contributed by atoms with Crippen LogP contribution in [0.3, 0.4) is 0 Å². The van der Waals surface area contributed by atoms with Gasteiger partial charge in [0.05, 0.1) is 28.6 Å². The fourth-order valence-electron chi connectivity index (χ4n) is 4.21. The number of aryl methyl sites for hydroxylation is 2. The maximum atomic E-state index is 13.7. The first-order valence-electron chi connectivity index (χ1n) is 11.4. The van der Waals surface area contributed by atoms with Crippen LogP contribution in [0.1, 0.15) is 30.7 Å². The number of carbonyl (C=O) groups is 1. The lowest BCUT2D eigenvalue weighted by Gasteiger charge is -2.17. The summed E-state index contributed by atoms with van der Waals surface area (Å²) in [4.78, 5) is 33.7. The number of rotatable bonds is 7. The molecule has 0 saturated carbocycles. The first-order chi connectivity index (χ1) is 16.6. The van der Waals surface area contributed by atoms with Gasteiger partial charge in [-0.15, -0.1) is 11.3 Å². The second kappa shape index (κ2) is 9.64. The van der Waals surface area contributed by atoms with Crippen LogP contribution < -0.4 is 15.6 Å². The van der Waals surface area contributed by atoms with E-state index in [9.17, 15) is 9.59 Å². The van der Waals surface area contributed by atoms with Crippen molar-refractivity contribution in [1.29, 1.82) is 0 Å². The maximum Gasteiger partial charge on any atom is 0.267 e. The van der Waals surface area contributed by atoms with Crippen LogP contribution in [0.25, 0.3) is 15.9 Å². The Hall–Kier alpha value is -3.10. The van der Waals surface area contributed by atoms with E-state index in [1.165, 1.54) is 16.6 Å². The smallest absolute Gasteiger partial charge is 0.267 e. The lowest BCUT2D eigenvalue weighted by Crippen LogP contribution is -2.26. The van der Waals surface area contributed by atoms with Crippen molar-refractivity contribution in [2.24, 2.45) is 0 Å². The summed E-state index contributed by atoms with van der Waals surface area (Å²) < 4.78 is 7.28. The molecule has 6 nitrogen and oxygen atoms in total. The molecule has 1 unspecified atom stereocenters. The summed E-state index contributed by atoms with van der Waals surface area (Å²) >= 11 is 2.90. The van der Waals surface area contributed by atoms with Crippen LogP contribution in [0.15, 0.2) is 64.5 Å².